The second kappa shape index (κ2) is 3.53. The van der Waals surface area contributed by atoms with Gasteiger partial charge in [-0.05, 0) is 5.92 Å². The Hall–Kier alpha value is -1.83. The predicted molar refractivity (Wildman–Crippen MR) is 39.9 cm³/mol. The Morgan fingerprint density at radius 2 is 2.50 bits per heavy atom. The van der Waals surface area contributed by atoms with Crippen molar-refractivity contribution in [1.82, 2.24) is 15.0 Å². The zero-order valence-electron chi connectivity index (χ0n) is 6.74. The van der Waals surface area contributed by atoms with Crippen molar-refractivity contribution in [2.45, 2.75) is 0 Å². The van der Waals surface area contributed by atoms with Crippen LogP contribution >= 0.6 is 0 Å². The van der Waals surface area contributed by atoms with E-state index in [0.29, 0.717) is 5.69 Å². The molecule has 12 heavy (non-hydrogen) atoms. The molecule has 0 aliphatic rings. The number of esters is 1. The van der Waals surface area contributed by atoms with Crippen LogP contribution in [-0.4, -0.2) is 28.1 Å². The minimum absolute atomic E-state index is 0.447. The Kier molecular flexibility index (Phi) is 2.43. The van der Waals surface area contributed by atoms with Crippen molar-refractivity contribution in [3.05, 3.63) is 11.9 Å². The number of rotatable bonds is 0. The van der Waals surface area contributed by atoms with Crippen LogP contribution in [0.15, 0.2) is 6.20 Å². The molecule has 1 aromatic rings. The molecule has 1 rings (SSSR count). The first kappa shape index (κ1) is 8.27. The summed E-state index contributed by atoms with van der Waals surface area (Å²) in [6.07, 6.45) is 1.47. The highest BCUT2D eigenvalue weighted by atomic mass is 16.5. The van der Waals surface area contributed by atoms with E-state index in [1.165, 1.54) is 18.1 Å². The third kappa shape index (κ3) is 2.09. The lowest BCUT2D eigenvalue weighted by Gasteiger charge is -1.82. The van der Waals surface area contributed by atoms with Crippen LogP contribution in [-0.2, 0) is 16.6 Å². The van der Waals surface area contributed by atoms with Crippen molar-refractivity contribution in [1.29, 1.82) is 0 Å². The Balaban J connectivity index is 2.73. The normalized spacial score (nSPS) is 8.50. The summed E-state index contributed by atoms with van der Waals surface area (Å²) in [7, 11) is 2.94. The predicted octanol–water partition coefficient (Wildman–Crippen LogP) is -0.660. The molecule has 0 aliphatic carbocycles. The van der Waals surface area contributed by atoms with Gasteiger partial charge in [0.25, 0.3) is 0 Å². The molecule has 5 nitrogen and oxygen atoms in total. The molecule has 0 spiro atoms. The summed E-state index contributed by atoms with van der Waals surface area (Å²) < 4.78 is 4.31. The Morgan fingerprint density at radius 1 is 1.75 bits per heavy atom. The summed E-state index contributed by atoms with van der Waals surface area (Å²) in [6.45, 7) is 0. The molecule has 62 valence electrons. The van der Waals surface area contributed by atoms with E-state index in [0.717, 1.165) is 0 Å². The number of aromatic nitrogens is 3. The molecule has 0 N–H and O–H groups in total. The first-order chi connectivity index (χ1) is 5.72. The number of hydrogen-bond donors (Lipinski definition) is 0. The molecule has 0 unspecified atom stereocenters. The smallest absolute Gasteiger partial charge is 0.384 e. The van der Waals surface area contributed by atoms with E-state index in [-0.39, 0.29) is 0 Å². The lowest BCUT2D eigenvalue weighted by atomic mass is 10.5. The molecule has 0 fully saturated rings. The van der Waals surface area contributed by atoms with Crippen molar-refractivity contribution in [3.63, 3.8) is 0 Å². The molecule has 0 atom stereocenters. The monoisotopic (exact) mass is 165 g/mol. The first-order valence-corrected chi connectivity index (χ1v) is 3.18. The molecule has 0 bridgehead atoms. The molecule has 0 radical (unpaired) electrons. The zero-order valence-corrected chi connectivity index (χ0v) is 6.74. The third-order valence-corrected chi connectivity index (χ3v) is 1.08. The van der Waals surface area contributed by atoms with Crippen molar-refractivity contribution in [2.75, 3.05) is 7.11 Å². The summed E-state index contributed by atoms with van der Waals surface area (Å²) in [4.78, 5) is 11.9. The Bertz CT molecular complexity index is 345. The fourth-order valence-corrected chi connectivity index (χ4v) is 0.569. The van der Waals surface area contributed by atoms with Crippen LogP contribution in [0.1, 0.15) is 5.69 Å². The standard InChI is InChI=1S/C7H7N3O2/c1-10-8-5-6(9-10)3-4-7(11)12-2/h5H,1-2H3. The number of hydrogen-bond acceptors (Lipinski definition) is 4. The van der Waals surface area contributed by atoms with Gasteiger partial charge in [-0.1, -0.05) is 0 Å². The van der Waals surface area contributed by atoms with Crippen molar-refractivity contribution in [3.8, 4) is 11.8 Å². The summed E-state index contributed by atoms with van der Waals surface area (Å²) in [5.41, 5.74) is 0.447. The average molecular weight is 165 g/mol. The van der Waals surface area contributed by atoms with E-state index < -0.39 is 5.97 Å². The van der Waals surface area contributed by atoms with E-state index in [4.69, 9.17) is 0 Å². The van der Waals surface area contributed by atoms with Gasteiger partial charge >= 0.3 is 5.97 Å². The lowest BCUT2D eigenvalue weighted by molar-refractivity contribution is -0.133. The molecule has 0 aromatic carbocycles. The maximum atomic E-state index is 10.5. The van der Waals surface area contributed by atoms with Gasteiger partial charge in [0.1, 0.15) is 0 Å². The van der Waals surface area contributed by atoms with Gasteiger partial charge in [0.2, 0.25) is 0 Å². The molecule has 0 saturated heterocycles. The van der Waals surface area contributed by atoms with Crippen molar-refractivity contribution >= 4 is 5.97 Å². The number of carbonyl (C=O) groups excluding carboxylic acids is 1. The van der Waals surface area contributed by atoms with Crippen LogP contribution in [0.3, 0.4) is 0 Å². The summed E-state index contributed by atoms with van der Waals surface area (Å²) in [5.74, 6) is 4.15. The van der Waals surface area contributed by atoms with Crippen LogP contribution in [0.5, 0.6) is 0 Å². The lowest BCUT2D eigenvalue weighted by Crippen LogP contribution is -1.95. The number of carbonyl (C=O) groups is 1. The number of methoxy groups -OCH3 is 1. The van der Waals surface area contributed by atoms with Crippen LogP contribution in [0.2, 0.25) is 0 Å². The van der Waals surface area contributed by atoms with Gasteiger partial charge in [0, 0.05) is 13.0 Å². The molecule has 0 amide bonds. The number of nitrogens with zero attached hydrogens (tertiary/aromatic N) is 3. The second-order valence-electron chi connectivity index (χ2n) is 1.96. The van der Waals surface area contributed by atoms with Gasteiger partial charge in [0.15, 0.2) is 5.69 Å². The van der Waals surface area contributed by atoms with E-state index in [2.05, 4.69) is 26.8 Å². The minimum Gasteiger partial charge on any atom is -0.459 e. The minimum atomic E-state index is -0.583. The Labute approximate surface area is 69.3 Å². The number of aryl methyl sites for hydroxylation is 1. The quantitative estimate of drug-likeness (QED) is 0.378. The van der Waals surface area contributed by atoms with E-state index >= 15 is 0 Å². The average Bonchev–Trinajstić information content (AvgIpc) is 2.47. The SMILES string of the molecule is COC(=O)C#Cc1cnn(C)n1. The highest BCUT2D eigenvalue weighted by Crippen LogP contribution is 1.85. The van der Waals surface area contributed by atoms with Crippen molar-refractivity contribution in [2.24, 2.45) is 7.05 Å². The van der Waals surface area contributed by atoms with Crippen LogP contribution in [0.4, 0.5) is 0 Å². The van der Waals surface area contributed by atoms with Gasteiger partial charge in [-0.3, -0.25) is 0 Å². The van der Waals surface area contributed by atoms with Crippen molar-refractivity contribution < 1.29 is 9.53 Å². The zero-order chi connectivity index (χ0) is 8.97. The molecule has 0 saturated carbocycles. The van der Waals surface area contributed by atoms with Gasteiger partial charge in [0.05, 0.1) is 13.3 Å². The molecule has 5 heteroatoms. The van der Waals surface area contributed by atoms with Crippen LogP contribution in [0.25, 0.3) is 0 Å². The summed E-state index contributed by atoms with van der Waals surface area (Å²) in [6, 6.07) is 0. The largest absolute Gasteiger partial charge is 0.459 e. The fraction of sp³-hybridized carbons (Fsp3) is 0.286. The molecular weight excluding hydrogens is 158 g/mol. The number of ether oxygens (including phenoxy) is 1. The summed E-state index contributed by atoms with van der Waals surface area (Å²) in [5, 5.41) is 7.61. The van der Waals surface area contributed by atoms with Crippen LogP contribution in [0, 0.1) is 11.8 Å². The highest BCUT2D eigenvalue weighted by molar-refractivity contribution is 5.88. The highest BCUT2D eigenvalue weighted by Gasteiger charge is 1.93. The first-order valence-electron chi connectivity index (χ1n) is 3.18. The topological polar surface area (TPSA) is 57.0 Å². The summed E-state index contributed by atoms with van der Waals surface area (Å²) >= 11 is 0. The molecule has 1 aromatic heterocycles. The Morgan fingerprint density at radius 3 is 3.00 bits per heavy atom. The fourth-order valence-electron chi connectivity index (χ4n) is 0.569. The van der Waals surface area contributed by atoms with E-state index in [1.54, 1.807) is 7.05 Å². The second-order valence-corrected chi connectivity index (χ2v) is 1.96. The third-order valence-electron chi connectivity index (χ3n) is 1.08. The molecular formula is C7H7N3O2. The van der Waals surface area contributed by atoms with E-state index in [1.807, 2.05) is 0 Å². The molecule has 0 aliphatic heterocycles. The maximum absolute atomic E-state index is 10.5. The van der Waals surface area contributed by atoms with Gasteiger partial charge < -0.3 is 4.74 Å². The van der Waals surface area contributed by atoms with Crippen LogP contribution < -0.4 is 0 Å². The van der Waals surface area contributed by atoms with Gasteiger partial charge in [-0.15, -0.1) is 5.10 Å². The van der Waals surface area contributed by atoms with Gasteiger partial charge in [-0.25, -0.2) is 4.79 Å². The molecule has 1 heterocycles. The van der Waals surface area contributed by atoms with Gasteiger partial charge in [-0.2, -0.15) is 9.90 Å². The van der Waals surface area contributed by atoms with E-state index in [9.17, 15) is 4.79 Å². The maximum Gasteiger partial charge on any atom is 0.384 e.